The van der Waals surface area contributed by atoms with E-state index in [1.807, 2.05) is 55.6 Å². The largest absolute Gasteiger partial charge is 0.325 e. The van der Waals surface area contributed by atoms with Crippen molar-refractivity contribution in [1.82, 2.24) is 0 Å². The number of benzene rings is 2. The number of rotatable bonds is 6. The summed E-state index contributed by atoms with van der Waals surface area (Å²) < 4.78 is 0. The maximum atomic E-state index is 12.6. The Hall–Kier alpha value is -2.28. The molecule has 0 saturated heterocycles. The van der Waals surface area contributed by atoms with E-state index in [4.69, 9.17) is 11.6 Å². The van der Waals surface area contributed by atoms with Crippen molar-refractivity contribution in [1.29, 1.82) is 0 Å². The minimum Gasteiger partial charge on any atom is -0.325 e. The molecule has 0 aliphatic heterocycles. The van der Waals surface area contributed by atoms with Crippen molar-refractivity contribution in [3.05, 3.63) is 75.4 Å². The zero-order valence-electron chi connectivity index (χ0n) is 15.4. The van der Waals surface area contributed by atoms with Crippen molar-refractivity contribution in [2.75, 3.05) is 10.6 Å². The number of carbonyl (C=O) groups excluding carboxylic acids is 2. The number of hydrogen-bond acceptors (Lipinski definition) is 4. The first-order valence-corrected chi connectivity index (χ1v) is 10.7. The standard InChI is InChI=1S/C21H19ClN2O2S2/c1-13-8-9-15(22)11-18(13)24-20(25)14(2)28-17-6-3-5-16(12-17)23-21(26)19-7-4-10-27-19/h3-12,14H,1-2H3,(H,23,26)(H,24,25). The van der Waals surface area contributed by atoms with E-state index >= 15 is 0 Å². The molecular formula is C21H19ClN2O2S2. The third-order valence-electron chi connectivity index (χ3n) is 3.98. The van der Waals surface area contributed by atoms with Gasteiger partial charge in [0.25, 0.3) is 5.91 Å². The fourth-order valence-electron chi connectivity index (χ4n) is 2.47. The third kappa shape index (κ3) is 5.38. The highest BCUT2D eigenvalue weighted by Crippen LogP contribution is 2.28. The molecule has 1 aromatic heterocycles. The molecule has 3 rings (SSSR count). The van der Waals surface area contributed by atoms with E-state index in [1.54, 1.807) is 18.2 Å². The Kier molecular flexibility index (Phi) is 6.78. The van der Waals surface area contributed by atoms with Gasteiger partial charge < -0.3 is 10.6 Å². The summed E-state index contributed by atoms with van der Waals surface area (Å²) in [6.07, 6.45) is 0. The Morgan fingerprint density at radius 1 is 1.07 bits per heavy atom. The molecule has 0 spiro atoms. The lowest BCUT2D eigenvalue weighted by atomic mass is 10.2. The van der Waals surface area contributed by atoms with Gasteiger partial charge >= 0.3 is 0 Å². The van der Waals surface area contributed by atoms with E-state index in [0.717, 1.165) is 10.5 Å². The summed E-state index contributed by atoms with van der Waals surface area (Å²) in [5.74, 6) is -0.247. The summed E-state index contributed by atoms with van der Waals surface area (Å²) in [6.45, 7) is 3.76. The van der Waals surface area contributed by atoms with Crippen LogP contribution in [-0.2, 0) is 4.79 Å². The fraction of sp³-hybridized carbons (Fsp3) is 0.143. The summed E-state index contributed by atoms with van der Waals surface area (Å²) in [5, 5.41) is 7.93. The predicted octanol–water partition coefficient (Wildman–Crippen LogP) is 6.08. The van der Waals surface area contributed by atoms with Gasteiger partial charge in [-0.15, -0.1) is 23.1 Å². The highest BCUT2D eigenvalue weighted by atomic mass is 35.5. The van der Waals surface area contributed by atoms with Crippen molar-refractivity contribution in [2.24, 2.45) is 0 Å². The van der Waals surface area contributed by atoms with Gasteiger partial charge in [0, 0.05) is 21.3 Å². The lowest BCUT2D eigenvalue weighted by Gasteiger charge is -2.14. The normalized spacial score (nSPS) is 11.7. The predicted molar refractivity (Wildman–Crippen MR) is 119 cm³/mol. The minimum absolute atomic E-state index is 0.108. The lowest BCUT2D eigenvalue weighted by molar-refractivity contribution is -0.115. The van der Waals surface area contributed by atoms with E-state index in [9.17, 15) is 9.59 Å². The molecule has 0 aliphatic rings. The smallest absolute Gasteiger partial charge is 0.265 e. The summed E-state index contributed by atoms with van der Waals surface area (Å²) in [4.78, 5) is 26.3. The first-order chi connectivity index (χ1) is 13.4. The van der Waals surface area contributed by atoms with Gasteiger partial charge in [-0.1, -0.05) is 29.8 Å². The lowest BCUT2D eigenvalue weighted by Crippen LogP contribution is -2.22. The first kappa shape index (κ1) is 20.5. The number of amides is 2. The van der Waals surface area contributed by atoms with E-state index in [2.05, 4.69) is 10.6 Å². The van der Waals surface area contributed by atoms with Gasteiger partial charge in [0.05, 0.1) is 10.1 Å². The van der Waals surface area contributed by atoms with Gasteiger partial charge in [-0.2, -0.15) is 0 Å². The SMILES string of the molecule is Cc1ccc(Cl)cc1NC(=O)C(C)Sc1cccc(NC(=O)c2cccs2)c1. The van der Waals surface area contributed by atoms with E-state index in [0.29, 0.717) is 21.3 Å². The molecule has 0 bridgehead atoms. The number of thiophene rings is 1. The fourth-order valence-corrected chi connectivity index (χ4v) is 4.19. The van der Waals surface area contributed by atoms with Crippen LogP contribution in [0.3, 0.4) is 0 Å². The zero-order chi connectivity index (χ0) is 20.1. The van der Waals surface area contributed by atoms with Crippen LogP contribution in [0.25, 0.3) is 0 Å². The van der Waals surface area contributed by atoms with E-state index < -0.39 is 0 Å². The molecule has 1 atom stereocenters. The van der Waals surface area contributed by atoms with Crippen LogP contribution in [0.1, 0.15) is 22.2 Å². The highest BCUT2D eigenvalue weighted by molar-refractivity contribution is 8.00. The molecule has 1 heterocycles. The van der Waals surface area contributed by atoms with Gasteiger partial charge in [-0.25, -0.2) is 0 Å². The maximum absolute atomic E-state index is 12.6. The average Bonchev–Trinajstić information content (AvgIpc) is 3.20. The number of thioether (sulfide) groups is 1. The van der Waals surface area contributed by atoms with Crippen LogP contribution in [-0.4, -0.2) is 17.1 Å². The van der Waals surface area contributed by atoms with Crippen molar-refractivity contribution >= 4 is 57.9 Å². The maximum Gasteiger partial charge on any atom is 0.265 e. The summed E-state index contributed by atoms with van der Waals surface area (Å²) in [6, 6.07) is 16.5. The van der Waals surface area contributed by atoms with E-state index in [-0.39, 0.29) is 17.1 Å². The van der Waals surface area contributed by atoms with Crippen molar-refractivity contribution in [3.8, 4) is 0 Å². The van der Waals surface area contributed by atoms with E-state index in [1.165, 1.54) is 23.1 Å². The first-order valence-electron chi connectivity index (χ1n) is 8.61. The molecule has 2 aromatic carbocycles. The van der Waals surface area contributed by atoms with Gasteiger partial charge in [-0.05, 0) is 61.2 Å². The molecule has 7 heteroatoms. The summed E-state index contributed by atoms with van der Waals surface area (Å²) in [5.41, 5.74) is 2.36. The van der Waals surface area contributed by atoms with Crippen LogP contribution >= 0.6 is 34.7 Å². The van der Waals surface area contributed by atoms with Crippen LogP contribution in [0.2, 0.25) is 5.02 Å². The molecule has 0 saturated carbocycles. The second kappa shape index (κ2) is 9.28. The topological polar surface area (TPSA) is 58.2 Å². The van der Waals surface area contributed by atoms with Crippen LogP contribution < -0.4 is 10.6 Å². The van der Waals surface area contributed by atoms with Crippen LogP contribution in [0.5, 0.6) is 0 Å². The molecule has 0 fully saturated rings. The van der Waals surface area contributed by atoms with Gasteiger partial charge in [0.2, 0.25) is 5.91 Å². The number of halogens is 1. The number of aryl methyl sites for hydroxylation is 1. The number of hydrogen-bond donors (Lipinski definition) is 2. The van der Waals surface area contributed by atoms with Crippen molar-refractivity contribution in [2.45, 2.75) is 24.0 Å². The minimum atomic E-state index is -0.318. The van der Waals surface area contributed by atoms with Crippen LogP contribution in [0.15, 0.2) is 64.9 Å². The number of nitrogens with one attached hydrogen (secondary N) is 2. The molecule has 3 aromatic rings. The monoisotopic (exact) mass is 430 g/mol. The molecular weight excluding hydrogens is 412 g/mol. The third-order valence-corrected chi connectivity index (χ3v) is 6.17. The Labute approximate surface area is 177 Å². The highest BCUT2D eigenvalue weighted by Gasteiger charge is 2.16. The molecule has 0 aliphatic carbocycles. The molecule has 28 heavy (non-hydrogen) atoms. The van der Waals surface area contributed by atoms with Gasteiger partial charge in [0.15, 0.2) is 0 Å². The number of anilines is 2. The Morgan fingerprint density at radius 3 is 2.64 bits per heavy atom. The Morgan fingerprint density at radius 2 is 1.89 bits per heavy atom. The van der Waals surface area contributed by atoms with Crippen LogP contribution in [0, 0.1) is 6.92 Å². The summed E-state index contributed by atoms with van der Waals surface area (Å²) in [7, 11) is 0. The van der Waals surface area contributed by atoms with Crippen molar-refractivity contribution in [3.63, 3.8) is 0 Å². The Bertz CT molecular complexity index is 990. The molecule has 2 N–H and O–H groups in total. The second-order valence-corrected chi connectivity index (χ2v) is 8.97. The quantitative estimate of drug-likeness (QED) is 0.466. The number of carbonyl (C=O) groups is 2. The molecule has 2 amide bonds. The molecule has 0 radical (unpaired) electrons. The van der Waals surface area contributed by atoms with Crippen LogP contribution in [0.4, 0.5) is 11.4 Å². The second-order valence-electron chi connectivity index (χ2n) is 6.17. The average molecular weight is 431 g/mol. The molecule has 4 nitrogen and oxygen atoms in total. The zero-order valence-corrected chi connectivity index (χ0v) is 17.8. The molecule has 1 unspecified atom stereocenters. The van der Waals surface area contributed by atoms with Crippen molar-refractivity contribution < 1.29 is 9.59 Å². The van der Waals surface area contributed by atoms with Gasteiger partial charge in [-0.3, -0.25) is 9.59 Å². The summed E-state index contributed by atoms with van der Waals surface area (Å²) >= 11 is 8.83. The molecule has 144 valence electrons. The van der Waals surface area contributed by atoms with Gasteiger partial charge in [0.1, 0.15) is 0 Å². The Balaban J connectivity index is 1.63.